The van der Waals surface area contributed by atoms with Crippen molar-refractivity contribution in [3.8, 4) is 0 Å². The molecule has 2 aliphatic rings. The molecule has 0 spiro atoms. The van der Waals surface area contributed by atoms with Gasteiger partial charge in [0.05, 0.1) is 6.54 Å². The summed E-state index contributed by atoms with van der Waals surface area (Å²) in [5.41, 5.74) is 0. The van der Waals surface area contributed by atoms with Gasteiger partial charge in [-0.05, 0) is 45.2 Å². The van der Waals surface area contributed by atoms with Crippen molar-refractivity contribution in [2.24, 2.45) is 5.92 Å². The Morgan fingerprint density at radius 1 is 1.17 bits per heavy atom. The standard InChI is InChI=1S/C14H27N3O/c1-12-5-3-8-17(13(12)2)11-14(18)16-9-4-6-15-7-10-16/h12-13,15H,3-11H2,1-2H3. The number of hydrogen-bond acceptors (Lipinski definition) is 3. The summed E-state index contributed by atoms with van der Waals surface area (Å²) in [6.45, 7) is 10.0. The van der Waals surface area contributed by atoms with E-state index in [2.05, 4.69) is 24.1 Å². The van der Waals surface area contributed by atoms with E-state index in [0.29, 0.717) is 18.5 Å². The van der Waals surface area contributed by atoms with E-state index < -0.39 is 0 Å². The largest absolute Gasteiger partial charge is 0.340 e. The molecular weight excluding hydrogens is 226 g/mol. The van der Waals surface area contributed by atoms with Crippen LogP contribution in [0.2, 0.25) is 0 Å². The van der Waals surface area contributed by atoms with Crippen molar-refractivity contribution in [2.75, 3.05) is 39.3 Å². The van der Waals surface area contributed by atoms with Crippen molar-refractivity contribution in [1.82, 2.24) is 15.1 Å². The van der Waals surface area contributed by atoms with Gasteiger partial charge in [0.25, 0.3) is 0 Å². The number of rotatable bonds is 2. The zero-order valence-corrected chi connectivity index (χ0v) is 11.8. The van der Waals surface area contributed by atoms with Crippen molar-refractivity contribution >= 4 is 5.91 Å². The second kappa shape index (κ2) is 6.53. The van der Waals surface area contributed by atoms with Crippen LogP contribution in [0.4, 0.5) is 0 Å². The van der Waals surface area contributed by atoms with Crippen LogP contribution in [0, 0.1) is 5.92 Å². The van der Waals surface area contributed by atoms with Gasteiger partial charge in [-0.1, -0.05) is 6.92 Å². The molecule has 1 amide bonds. The second-order valence-corrected chi connectivity index (χ2v) is 5.81. The molecule has 0 saturated carbocycles. The van der Waals surface area contributed by atoms with E-state index >= 15 is 0 Å². The molecule has 0 aliphatic carbocycles. The van der Waals surface area contributed by atoms with E-state index in [1.54, 1.807) is 0 Å². The topological polar surface area (TPSA) is 35.6 Å². The number of hydrogen-bond donors (Lipinski definition) is 1. The summed E-state index contributed by atoms with van der Waals surface area (Å²) >= 11 is 0. The van der Waals surface area contributed by atoms with E-state index in [1.165, 1.54) is 12.8 Å². The number of carbonyl (C=O) groups excluding carboxylic acids is 1. The first-order chi connectivity index (χ1) is 8.68. The number of nitrogens with one attached hydrogen (secondary N) is 1. The molecule has 2 fully saturated rings. The molecule has 0 aromatic rings. The molecule has 0 radical (unpaired) electrons. The first-order valence-electron chi connectivity index (χ1n) is 7.41. The number of piperidine rings is 1. The summed E-state index contributed by atoms with van der Waals surface area (Å²) in [6, 6.07) is 0.549. The highest BCUT2D eigenvalue weighted by Gasteiger charge is 2.27. The van der Waals surface area contributed by atoms with Crippen LogP contribution < -0.4 is 5.32 Å². The molecule has 2 rings (SSSR count). The number of amides is 1. The number of nitrogens with zero attached hydrogens (tertiary/aromatic N) is 2. The Morgan fingerprint density at radius 2 is 2.00 bits per heavy atom. The number of carbonyl (C=O) groups is 1. The Balaban J connectivity index is 1.85. The van der Waals surface area contributed by atoms with Crippen LogP contribution in [0.15, 0.2) is 0 Å². The molecule has 0 bridgehead atoms. The van der Waals surface area contributed by atoms with Gasteiger partial charge in [0.1, 0.15) is 0 Å². The average molecular weight is 253 g/mol. The highest BCUT2D eigenvalue weighted by Crippen LogP contribution is 2.22. The van der Waals surface area contributed by atoms with Crippen molar-refractivity contribution in [2.45, 2.75) is 39.2 Å². The van der Waals surface area contributed by atoms with Crippen molar-refractivity contribution < 1.29 is 4.79 Å². The molecule has 2 aliphatic heterocycles. The van der Waals surface area contributed by atoms with Gasteiger partial charge in [-0.15, -0.1) is 0 Å². The molecule has 4 heteroatoms. The van der Waals surface area contributed by atoms with Crippen LogP contribution in [0.25, 0.3) is 0 Å². The first kappa shape index (κ1) is 13.8. The Hall–Kier alpha value is -0.610. The number of likely N-dealkylation sites (tertiary alicyclic amines) is 1. The molecule has 104 valence electrons. The van der Waals surface area contributed by atoms with Gasteiger partial charge in [0, 0.05) is 25.7 Å². The molecule has 2 saturated heterocycles. The predicted octanol–water partition coefficient (Wildman–Crippen LogP) is 0.929. The quantitative estimate of drug-likeness (QED) is 0.795. The summed E-state index contributed by atoms with van der Waals surface area (Å²) < 4.78 is 0. The summed E-state index contributed by atoms with van der Waals surface area (Å²) in [7, 11) is 0. The van der Waals surface area contributed by atoms with Gasteiger partial charge in [-0.2, -0.15) is 0 Å². The lowest BCUT2D eigenvalue weighted by atomic mass is 9.92. The molecule has 0 aromatic heterocycles. The van der Waals surface area contributed by atoms with Crippen LogP contribution >= 0.6 is 0 Å². The SMILES string of the molecule is CC1CCCN(CC(=O)N2CCCNCC2)C1C. The van der Waals surface area contributed by atoms with E-state index in [9.17, 15) is 4.79 Å². The van der Waals surface area contributed by atoms with Gasteiger partial charge in [0.2, 0.25) is 5.91 Å². The smallest absolute Gasteiger partial charge is 0.236 e. The monoisotopic (exact) mass is 253 g/mol. The second-order valence-electron chi connectivity index (χ2n) is 5.81. The van der Waals surface area contributed by atoms with Crippen LogP contribution in [0.1, 0.15) is 33.1 Å². The minimum Gasteiger partial charge on any atom is -0.340 e. The fraction of sp³-hybridized carbons (Fsp3) is 0.929. The van der Waals surface area contributed by atoms with Gasteiger partial charge >= 0.3 is 0 Å². The predicted molar refractivity (Wildman–Crippen MR) is 73.5 cm³/mol. The van der Waals surface area contributed by atoms with Crippen LogP contribution in [-0.4, -0.2) is 61.0 Å². The molecule has 0 aromatic carbocycles. The average Bonchev–Trinajstić information content (AvgIpc) is 2.63. The Labute approximate surface area is 111 Å². The van der Waals surface area contributed by atoms with E-state index in [0.717, 1.165) is 45.1 Å². The molecule has 18 heavy (non-hydrogen) atoms. The van der Waals surface area contributed by atoms with E-state index in [-0.39, 0.29) is 0 Å². The summed E-state index contributed by atoms with van der Waals surface area (Å²) in [5, 5.41) is 3.34. The van der Waals surface area contributed by atoms with Crippen LogP contribution in [-0.2, 0) is 4.79 Å². The summed E-state index contributed by atoms with van der Waals surface area (Å²) in [4.78, 5) is 16.7. The fourth-order valence-corrected chi connectivity index (χ4v) is 3.01. The van der Waals surface area contributed by atoms with Crippen molar-refractivity contribution in [3.05, 3.63) is 0 Å². The highest BCUT2D eigenvalue weighted by atomic mass is 16.2. The zero-order valence-electron chi connectivity index (χ0n) is 11.8. The molecular formula is C14H27N3O. The maximum Gasteiger partial charge on any atom is 0.236 e. The Morgan fingerprint density at radius 3 is 2.83 bits per heavy atom. The van der Waals surface area contributed by atoms with Crippen molar-refractivity contribution in [3.63, 3.8) is 0 Å². The third kappa shape index (κ3) is 3.45. The normalized spacial score (nSPS) is 31.1. The lowest BCUT2D eigenvalue weighted by molar-refractivity contribution is -0.133. The maximum absolute atomic E-state index is 12.3. The van der Waals surface area contributed by atoms with Gasteiger partial charge in [-0.3, -0.25) is 9.69 Å². The molecule has 2 atom stereocenters. The van der Waals surface area contributed by atoms with Crippen LogP contribution in [0.3, 0.4) is 0 Å². The molecule has 1 N–H and O–H groups in total. The third-order valence-electron chi connectivity index (χ3n) is 4.54. The first-order valence-corrected chi connectivity index (χ1v) is 7.41. The van der Waals surface area contributed by atoms with E-state index in [1.807, 2.05) is 4.90 Å². The maximum atomic E-state index is 12.3. The summed E-state index contributed by atoms with van der Waals surface area (Å²) in [5.74, 6) is 1.04. The molecule has 2 unspecified atom stereocenters. The molecule has 2 heterocycles. The van der Waals surface area contributed by atoms with E-state index in [4.69, 9.17) is 0 Å². The lowest BCUT2D eigenvalue weighted by Gasteiger charge is -2.38. The van der Waals surface area contributed by atoms with Gasteiger partial charge < -0.3 is 10.2 Å². The minimum absolute atomic E-state index is 0.319. The highest BCUT2D eigenvalue weighted by molar-refractivity contribution is 5.78. The van der Waals surface area contributed by atoms with Crippen molar-refractivity contribution in [1.29, 1.82) is 0 Å². The van der Waals surface area contributed by atoms with Crippen LogP contribution in [0.5, 0.6) is 0 Å². The van der Waals surface area contributed by atoms with Gasteiger partial charge in [-0.25, -0.2) is 0 Å². The zero-order chi connectivity index (χ0) is 13.0. The Kier molecular flexibility index (Phi) is 5.01. The van der Waals surface area contributed by atoms with Gasteiger partial charge in [0.15, 0.2) is 0 Å². The fourth-order valence-electron chi connectivity index (χ4n) is 3.01. The lowest BCUT2D eigenvalue weighted by Crippen LogP contribution is -2.48. The minimum atomic E-state index is 0.319. The summed E-state index contributed by atoms with van der Waals surface area (Å²) in [6.07, 6.45) is 3.62. The molecule has 4 nitrogen and oxygen atoms in total. The third-order valence-corrected chi connectivity index (χ3v) is 4.54. The Bertz CT molecular complexity index is 274.